The Hall–Kier alpha value is -1.85. The second-order valence-corrected chi connectivity index (χ2v) is 3.98. The van der Waals surface area contributed by atoms with Gasteiger partial charge in [0.05, 0.1) is 0 Å². The lowest BCUT2D eigenvalue weighted by atomic mass is 10.2. The molecule has 0 aliphatic rings. The third-order valence-electron chi connectivity index (χ3n) is 2.70. The predicted molar refractivity (Wildman–Crippen MR) is 67.3 cm³/mol. The van der Waals surface area contributed by atoms with E-state index in [0.717, 1.165) is 12.8 Å². The first kappa shape index (κ1) is 13.2. The Kier molecular flexibility index (Phi) is 4.68. The predicted octanol–water partition coefficient (Wildman–Crippen LogP) is 1.20. The zero-order valence-corrected chi connectivity index (χ0v) is 10.5. The van der Waals surface area contributed by atoms with Crippen molar-refractivity contribution in [3.63, 3.8) is 0 Å². The van der Waals surface area contributed by atoms with Gasteiger partial charge in [-0.2, -0.15) is 0 Å². The summed E-state index contributed by atoms with van der Waals surface area (Å²) < 4.78 is 0. The maximum atomic E-state index is 8.60. The normalized spacial score (nSPS) is 13.5. The van der Waals surface area contributed by atoms with E-state index in [4.69, 9.17) is 10.9 Å². The third kappa shape index (κ3) is 3.30. The molecule has 0 saturated heterocycles. The van der Waals surface area contributed by atoms with Crippen molar-refractivity contribution in [2.45, 2.75) is 32.7 Å². The van der Waals surface area contributed by atoms with Gasteiger partial charge >= 0.3 is 0 Å². The maximum absolute atomic E-state index is 8.60. The fraction of sp³-hybridized carbons (Fsp3) is 0.545. The number of nitrogens with zero attached hydrogens (tertiary/aromatic N) is 4. The van der Waals surface area contributed by atoms with Crippen molar-refractivity contribution in [3.05, 3.63) is 18.0 Å². The van der Waals surface area contributed by atoms with E-state index in [1.54, 1.807) is 12.3 Å². The van der Waals surface area contributed by atoms with Gasteiger partial charge in [-0.15, -0.1) is 0 Å². The van der Waals surface area contributed by atoms with E-state index in [0.29, 0.717) is 17.7 Å². The van der Waals surface area contributed by atoms with Gasteiger partial charge in [0.1, 0.15) is 5.69 Å². The van der Waals surface area contributed by atoms with E-state index >= 15 is 0 Å². The molecule has 0 amide bonds. The van der Waals surface area contributed by atoms with Crippen molar-refractivity contribution >= 4 is 11.8 Å². The monoisotopic (exact) mass is 237 g/mol. The van der Waals surface area contributed by atoms with Crippen LogP contribution in [0.1, 0.15) is 32.4 Å². The van der Waals surface area contributed by atoms with E-state index in [2.05, 4.69) is 29.0 Å². The van der Waals surface area contributed by atoms with Gasteiger partial charge in [0, 0.05) is 19.3 Å². The summed E-state index contributed by atoms with van der Waals surface area (Å²) in [6.07, 6.45) is 3.77. The minimum absolute atomic E-state index is 0.00908. The molecule has 0 saturated carbocycles. The Morgan fingerprint density at radius 2 is 2.35 bits per heavy atom. The smallest absolute Gasteiger partial charge is 0.225 e. The summed E-state index contributed by atoms with van der Waals surface area (Å²) in [5.74, 6) is 0.570. The summed E-state index contributed by atoms with van der Waals surface area (Å²) >= 11 is 0. The molecule has 0 fully saturated rings. The lowest BCUT2D eigenvalue weighted by Gasteiger charge is -2.24. The van der Waals surface area contributed by atoms with Gasteiger partial charge in [-0.1, -0.05) is 18.5 Å². The molecule has 0 spiro atoms. The molecule has 1 aromatic rings. The molecule has 0 radical (unpaired) electrons. The number of anilines is 1. The van der Waals surface area contributed by atoms with Crippen LogP contribution in [0.25, 0.3) is 0 Å². The van der Waals surface area contributed by atoms with Crippen molar-refractivity contribution in [2.75, 3.05) is 11.9 Å². The highest BCUT2D eigenvalue weighted by Gasteiger charge is 2.12. The molecule has 1 unspecified atom stereocenters. The molecule has 94 valence electrons. The molecule has 1 atom stereocenters. The summed E-state index contributed by atoms with van der Waals surface area (Å²) in [6.45, 7) is 4.25. The lowest BCUT2D eigenvalue weighted by Crippen LogP contribution is -2.31. The van der Waals surface area contributed by atoms with E-state index in [9.17, 15) is 0 Å². The number of amidine groups is 1. The zero-order chi connectivity index (χ0) is 12.8. The van der Waals surface area contributed by atoms with Crippen molar-refractivity contribution in [1.29, 1.82) is 0 Å². The highest BCUT2D eigenvalue weighted by molar-refractivity contribution is 5.95. The fourth-order valence-electron chi connectivity index (χ4n) is 1.52. The second-order valence-electron chi connectivity index (χ2n) is 3.98. The average Bonchev–Trinajstić information content (AvgIpc) is 2.37. The van der Waals surface area contributed by atoms with Gasteiger partial charge in [-0.3, -0.25) is 0 Å². The van der Waals surface area contributed by atoms with Gasteiger partial charge in [-0.25, -0.2) is 9.97 Å². The van der Waals surface area contributed by atoms with Gasteiger partial charge in [-0.05, 0) is 19.4 Å². The fourth-order valence-corrected chi connectivity index (χ4v) is 1.52. The van der Waals surface area contributed by atoms with E-state index in [-0.39, 0.29) is 5.84 Å². The van der Waals surface area contributed by atoms with Crippen molar-refractivity contribution in [2.24, 2.45) is 10.9 Å². The van der Waals surface area contributed by atoms with Gasteiger partial charge in [0.25, 0.3) is 0 Å². The topological polar surface area (TPSA) is 87.6 Å². The van der Waals surface area contributed by atoms with Crippen molar-refractivity contribution in [1.82, 2.24) is 9.97 Å². The van der Waals surface area contributed by atoms with Crippen LogP contribution in [0.5, 0.6) is 0 Å². The van der Waals surface area contributed by atoms with Crippen LogP contribution >= 0.6 is 0 Å². The minimum Gasteiger partial charge on any atom is -0.409 e. The third-order valence-corrected chi connectivity index (χ3v) is 2.70. The highest BCUT2D eigenvalue weighted by atomic mass is 16.4. The summed E-state index contributed by atoms with van der Waals surface area (Å²) in [5.41, 5.74) is 5.91. The zero-order valence-electron chi connectivity index (χ0n) is 10.5. The second kappa shape index (κ2) is 6.03. The molecule has 17 heavy (non-hydrogen) atoms. The number of rotatable bonds is 5. The number of hydrogen-bond donors (Lipinski definition) is 2. The average molecular weight is 237 g/mol. The first-order chi connectivity index (χ1) is 8.10. The molecular formula is C11H19N5O. The molecule has 1 heterocycles. The lowest BCUT2D eigenvalue weighted by molar-refractivity contribution is 0.318. The molecule has 0 aliphatic carbocycles. The van der Waals surface area contributed by atoms with Gasteiger partial charge in [0.15, 0.2) is 5.84 Å². The van der Waals surface area contributed by atoms with Gasteiger partial charge in [0.2, 0.25) is 5.95 Å². The van der Waals surface area contributed by atoms with Crippen LogP contribution in [0, 0.1) is 0 Å². The SMILES string of the molecule is CCCC(C)N(C)c1nccc(/C(N)=N/O)n1. The van der Waals surface area contributed by atoms with Crippen LogP contribution in [0.4, 0.5) is 5.95 Å². The Morgan fingerprint density at radius 3 is 2.94 bits per heavy atom. The molecule has 0 aromatic carbocycles. The molecule has 1 rings (SSSR count). The molecule has 0 bridgehead atoms. The number of oxime groups is 1. The van der Waals surface area contributed by atoms with Crippen molar-refractivity contribution < 1.29 is 5.21 Å². The van der Waals surface area contributed by atoms with Crippen molar-refractivity contribution in [3.8, 4) is 0 Å². The summed E-state index contributed by atoms with van der Waals surface area (Å²) in [5, 5.41) is 11.5. The Balaban J connectivity index is 2.91. The van der Waals surface area contributed by atoms with Crippen LogP contribution in [-0.4, -0.2) is 34.1 Å². The van der Waals surface area contributed by atoms with E-state index < -0.39 is 0 Å². The first-order valence-corrected chi connectivity index (χ1v) is 5.64. The summed E-state index contributed by atoms with van der Waals surface area (Å²) in [7, 11) is 1.94. The standard InChI is InChI=1S/C11H19N5O/c1-4-5-8(2)16(3)11-13-7-6-9(14-11)10(12)15-17/h6-8,17H,4-5H2,1-3H3,(H2,12,15). The van der Waals surface area contributed by atoms with Crippen LogP contribution in [-0.2, 0) is 0 Å². The highest BCUT2D eigenvalue weighted by Crippen LogP contribution is 2.12. The molecule has 1 aromatic heterocycles. The number of hydrogen-bond acceptors (Lipinski definition) is 5. The number of nitrogens with two attached hydrogens (primary N) is 1. The van der Waals surface area contributed by atoms with E-state index in [1.165, 1.54) is 0 Å². The van der Waals surface area contributed by atoms with Crippen LogP contribution in [0.2, 0.25) is 0 Å². The summed E-state index contributed by atoms with van der Waals surface area (Å²) in [6, 6.07) is 1.96. The minimum atomic E-state index is -0.00908. The number of aromatic nitrogens is 2. The Labute approximate surface area is 101 Å². The molecule has 3 N–H and O–H groups in total. The molecule has 0 aliphatic heterocycles. The molecule has 6 heteroatoms. The Morgan fingerprint density at radius 1 is 1.65 bits per heavy atom. The molecule has 6 nitrogen and oxygen atoms in total. The van der Waals surface area contributed by atoms with Crippen LogP contribution in [0.3, 0.4) is 0 Å². The Bertz CT molecular complexity index is 393. The first-order valence-electron chi connectivity index (χ1n) is 5.64. The van der Waals surface area contributed by atoms with E-state index in [1.807, 2.05) is 11.9 Å². The van der Waals surface area contributed by atoms with Crippen LogP contribution in [0.15, 0.2) is 17.4 Å². The summed E-state index contributed by atoms with van der Waals surface area (Å²) in [4.78, 5) is 10.4. The quantitative estimate of drug-likeness (QED) is 0.347. The largest absolute Gasteiger partial charge is 0.409 e. The van der Waals surface area contributed by atoms with Crippen LogP contribution < -0.4 is 10.6 Å². The maximum Gasteiger partial charge on any atom is 0.225 e. The van der Waals surface area contributed by atoms with Gasteiger partial charge < -0.3 is 15.8 Å². The molecular weight excluding hydrogens is 218 g/mol.